The predicted molar refractivity (Wildman–Crippen MR) is 86.5 cm³/mol. The molecule has 20 heavy (non-hydrogen) atoms. The molecule has 0 aliphatic heterocycles. The van der Waals surface area contributed by atoms with E-state index in [9.17, 15) is 4.79 Å². The minimum atomic E-state index is 0.0135. The minimum absolute atomic E-state index is 0.0135. The number of hydrogen-bond acceptors (Lipinski definition) is 2. The number of nitrogens with zero attached hydrogens (tertiary/aromatic N) is 1. The van der Waals surface area contributed by atoms with Crippen LogP contribution >= 0.6 is 11.6 Å². The molecule has 1 unspecified atom stereocenters. The number of nitrogens with one attached hydrogen (secondary N) is 1. The SMILES string of the molecule is CCc1ccc(Cl)c(NC(=O)CC(C)N(CC)CC)c1. The number of benzene rings is 1. The normalized spacial score (nSPS) is 12.5. The summed E-state index contributed by atoms with van der Waals surface area (Å²) in [6.07, 6.45) is 1.41. The van der Waals surface area contributed by atoms with Crippen LogP contribution in [0.25, 0.3) is 0 Å². The summed E-state index contributed by atoms with van der Waals surface area (Å²) in [6, 6.07) is 6.00. The van der Waals surface area contributed by atoms with Crippen LogP contribution in [0.5, 0.6) is 0 Å². The number of carbonyl (C=O) groups is 1. The maximum atomic E-state index is 12.1. The first-order chi connectivity index (χ1) is 9.51. The van der Waals surface area contributed by atoms with Gasteiger partial charge in [0.05, 0.1) is 10.7 Å². The van der Waals surface area contributed by atoms with E-state index in [2.05, 4.69) is 37.9 Å². The number of rotatable bonds is 7. The smallest absolute Gasteiger partial charge is 0.225 e. The van der Waals surface area contributed by atoms with E-state index in [4.69, 9.17) is 11.6 Å². The van der Waals surface area contributed by atoms with E-state index in [-0.39, 0.29) is 11.9 Å². The van der Waals surface area contributed by atoms with Crippen LogP contribution in [0.1, 0.15) is 39.7 Å². The van der Waals surface area contributed by atoms with Gasteiger partial charge in [0.25, 0.3) is 0 Å². The molecule has 1 atom stereocenters. The summed E-state index contributed by atoms with van der Waals surface area (Å²) in [5.41, 5.74) is 1.88. The van der Waals surface area contributed by atoms with Crippen molar-refractivity contribution in [3.63, 3.8) is 0 Å². The van der Waals surface area contributed by atoms with Crippen LogP contribution < -0.4 is 5.32 Å². The fourth-order valence-corrected chi connectivity index (χ4v) is 2.50. The molecule has 0 saturated heterocycles. The van der Waals surface area contributed by atoms with Gasteiger partial charge in [0.2, 0.25) is 5.91 Å². The number of carbonyl (C=O) groups excluding carboxylic acids is 1. The molecule has 0 spiro atoms. The Kier molecular flexibility index (Phi) is 7.03. The summed E-state index contributed by atoms with van der Waals surface area (Å²) in [5.74, 6) is 0.0135. The molecule has 1 aromatic carbocycles. The number of halogens is 1. The topological polar surface area (TPSA) is 32.3 Å². The van der Waals surface area contributed by atoms with Gasteiger partial charge in [-0.2, -0.15) is 0 Å². The van der Waals surface area contributed by atoms with Crippen molar-refractivity contribution in [2.45, 2.75) is 46.6 Å². The molecule has 0 heterocycles. The summed E-state index contributed by atoms with van der Waals surface area (Å²) < 4.78 is 0. The van der Waals surface area contributed by atoms with Gasteiger partial charge in [-0.05, 0) is 44.1 Å². The average molecular weight is 297 g/mol. The van der Waals surface area contributed by atoms with Crippen molar-refractivity contribution in [1.82, 2.24) is 4.90 Å². The summed E-state index contributed by atoms with van der Waals surface area (Å²) in [5, 5.41) is 3.51. The van der Waals surface area contributed by atoms with Crippen molar-refractivity contribution in [2.24, 2.45) is 0 Å². The lowest BCUT2D eigenvalue weighted by Gasteiger charge is -2.25. The molecule has 1 aromatic rings. The second-order valence-corrected chi connectivity index (χ2v) is 5.40. The third-order valence-electron chi connectivity index (χ3n) is 3.63. The highest BCUT2D eigenvalue weighted by molar-refractivity contribution is 6.33. The molecule has 0 aliphatic rings. The van der Waals surface area contributed by atoms with Crippen LogP contribution in [-0.4, -0.2) is 29.9 Å². The molecule has 112 valence electrons. The van der Waals surface area contributed by atoms with Gasteiger partial charge in [-0.1, -0.05) is 38.4 Å². The Labute approximate surface area is 127 Å². The maximum absolute atomic E-state index is 12.1. The minimum Gasteiger partial charge on any atom is -0.325 e. The zero-order valence-electron chi connectivity index (χ0n) is 12.9. The molecular formula is C16H25ClN2O. The van der Waals surface area contributed by atoms with E-state index in [1.165, 1.54) is 5.56 Å². The van der Waals surface area contributed by atoms with Gasteiger partial charge in [0.15, 0.2) is 0 Å². The van der Waals surface area contributed by atoms with Crippen LogP contribution in [0.15, 0.2) is 18.2 Å². The van der Waals surface area contributed by atoms with Crippen molar-refractivity contribution in [1.29, 1.82) is 0 Å². The zero-order chi connectivity index (χ0) is 15.1. The Hall–Kier alpha value is -1.06. The van der Waals surface area contributed by atoms with Crippen LogP contribution in [0.3, 0.4) is 0 Å². The Morgan fingerprint density at radius 2 is 1.95 bits per heavy atom. The number of amides is 1. The molecular weight excluding hydrogens is 272 g/mol. The Morgan fingerprint density at radius 1 is 1.30 bits per heavy atom. The highest BCUT2D eigenvalue weighted by Gasteiger charge is 2.15. The molecule has 0 aromatic heterocycles. The molecule has 0 bridgehead atoms. The van der Waals surface area contributed by atoms with Gasteiger partial charge >= 0.3 is 0 Å². The van der Waals surface area contributed by atoms with Crippen LogP contribution in [0, 0.1) is 0 Å². The zero-order valence-corrected chi connectivity index (χ0v) is 13.6. The van der Waals surface area contributed by atoms with E-state index in [1.54, 1.807) is 0 Å². The monoisotopic (exact) mass is 296 g/mol. The number of hydrogen-bond donors (Lipinski definition) is 1. The lowest BCUT2D eigenvalue weighted by Crippen LogP contribution is -2.35. The highest BCUT2D eigenvalue weighted by Crippen LogP contribution is 2.23. The summed E-state index contributed by atoms with van der Waals surface area (Å²) >= 11 is 6.13. The second kappa shape index (κ2) is 8.28. The second-order valence-electron chi connectivity index (χ2n) is 4.99. The van der Waals surface area contributed by atoms with Gasteiger partial charge in [-0.25, -0.2) is 0 Å². The Bertz CT molecular complexity index is 444. The molecule has 0 radical (unpaired) electrons. The standard InChI is InChI=1S/C16H25ClN2O/c1-5-13-8-9-14(17)15(11-13)18-16(20)10-12(4)19(6-2)7-3/h8-9,11-12H,5-7,10H2,1-4H3,(H,18,20). The van der Waals surface area contributed by atoms with Crippen LogP contribution in [0.4, 0.5) is 5.69 Å². The van der Waals surface area contributed by atoms with Crippen molar-refractivity contribution < 1.29 is 4.79 Å². The highest BCUT2D eigenvalue weighted by atomic mass is 35.5. The van der Waals surface area contributed by atoms with E-state index >= 15 is 0 Å². The largest absolute Gasteiger partial charge is 0.325 e. The van der Waals surface area contributed by atoms with Gasteiger partial charge < -0.3 is 10.2 Å². The van der Waals surface area contributed by atoms with Gasteiger partial charge in [0.1, 0.15) is 0 Å². The first-order valence-corrected chi connectivity index (χ1v) is 7.71. The fourth-order valence-electron chi connectivity index (χ4n) is 2.33. The Morgan fingerprint density at radius 3 is 2.50 bits per heavy atom. The summed E-state index contributed by atoms with van der Waals surface area (Å²) in [7, 11) is 0. The van der Waals surface area contributed by atoms with Gasteiger partial charge in [0, 0.05) is 12.5 Å². The van der Waals surface area contributed by atoms with Crippen molar-refractivity contribution in [3.05, 3.63) is 28.8 Å². The predicted octanol–water partition coefficient (Wildman–Crippen LogP) is 3.96. The lowest BCUT2D eigenvalue weighted by molar-refractivity contribution is -0.117. The van der Waals surface area contributed by atoms with E-state index in [0.29, 0.717) is 17.1 Å². The number of aryl methyl sites for hydroxylation is 1. The van der Waals surface area contributed by atoms with Crippen molar-refractivity contribution >= 4 is 23.2 Å². The van der Waals surface area contributed by atoms with Crippen molar-refractivity contribution in [2.75, 3.05) is 18.4 Å². The van der Waals surface area contributed by atoms with E-state index in [1.807, 2.05) is 18.2 Å². The fraction of sp³-hybridized carbons (Fsp3) is 0.562. The average Bonchev–Trinajstić information content (AvgIpc) is 2.42. The third kappa shape index (κ3) is 4.80. The van der Waals surface area contributed by atoms with Gasteiger partial charge in [-0.3, -0.25) is 4.79 Å². The number of anilines is 1. The maximum Gasteiger partial charge on any atom is 0.225 e. The third-order valence-corrected chi connectivity index (χ3v) is 3.96. The van der Waals surface area contributed by atoms with Crippen LogP contribution in [-0.2, 0) is 11.2 Å². The molecule has 0 aliphatic carbocycles. The molecule has 4 heteroatoms. The summed E-state index contributed by atoms with van der Waals surface area (Å²) in [4.78, 5) is 14.4. The molecule has 1 amide bonds. The van der Waals surface area contributed by atoms with Crippen LogP contribution in [0.2, 0.25) is 5.02 Å². The van der Waals surface area contributed by atoms with Gasteiger partial charge in [-0.15, -0.1) is 0 Å². The van der Waals surface area contributed by atoms with Crippen molar-refractivity contribution in [3.8, 4) is 0 Å². The van der Waals surface area contributed by atoms with E-state index < -0.39 is 0 Å². The molecule has 3 nitrogen and oxygen atoms in total. The lowest BCUT2D eigenvalue weighted by atomic mass is 10.1. The molecule has 0 fully saturated rings. The Balaban J connectivity index is 2.66. The first-order valence-electron chi connectivity index (χ1n) is 7.34. The first kappa shape index (κ1) is 17.0. The molecule has 1 rings (SSSR count). The van der Waals surface area contributed by atoms with E-state index in [0.717, 1.165) is 19.5 Å². The summed E-state index contributed by atoms with van der Waals surface area (Å²) in [6.45, 7) is 10.3. The quantitative estimate of drug-likeness (QED) is 0.826. The molecule has 1 N–H and O–H groups in total. The molecule has 0 saturated carbocycles.